The molecule has 0 aromatic heterocycles. The number of carbonyl (C=O) groups excluding carboxylic acids is 1. The fraction of sp³-hybridized carbons (Fsp3) is 0.950. The van der Waals surface area contributed by atoms with E-state index in [-0.39, 0.29) is 5.41 Å². The maximum absolute atomic E-state index is 11.9. The molecule has 0 saturated carbocycles. The zero-order valence-corrected chi connectivity index (χ0v) is 17.0. The molecule has 0 spiro atoms. The number of ether oxygens (including phenoxy) is 3. The van der Waals surface area contributed by atoms with E-state index in [0.29, 0.717) is 70.7 Å². The average molecular weight is 360 g/mol. The van der Waals surface area contributed by atoms with Crippen molar-refractivity contribution in [2.75, 3.05) is 46.2 Å². The lowest BCUT2D eigenvalue weighted by molar-refractivity contribution is -0.119. The molecule has 5 nitrogen and oxygen atoms in total. The number of unbranched alkanes of at least 4 members (excludes halogenated alkanes) is 1. The van der Waals surface area contributed by atoms with Crippen LogP contribution in [0.1, 0.15) is 66.2 Å². The standard InChI is InChI=1S/C20H41NO4/c1-18(20(2,3)4)9-10-19(22)8-5-6-12-23-14-16-25-17-15-24-13-7-11-21/h18H,5-17,21H2,1-4H3/t18-/m0/s1. The summed E-state index contributed by atoms with van der Waals surface area (Å²) in [6.45, 7) is 13.4. The van der Waals surface area contributed by atoms with Gasteiger partial charge in [0.25, 0.3) is 0 Å². The van der Waals surface area contributed by atoms with Gasteiger partial charge in [-0.1, -0.05) is 27.7 Å². The van der Waals surface area contributed by atoms with Crippen molar-refractivity contribution in [2.45, 2.75) is 66.2 Å². The second kappa shape index (κ2) is 15.7. The third-order valence-electron chi connectivity index (χ3n) is 4.57. The lowest BCUT2D eigenvalue weighted by atomic mass is 9.79. The van der Waals surface area contributed by atoms with Crippen molar-refractivity contribution in [1.82, 2.24) is 0 Å². The molecule has 0 aromatic carbocycles. The number of Topliss-reactive ketones (excluding diaryl/α,β-unsaturated/α-hetero) is 1. The molecule has 0 radical (unpaired) electrons. The van der Waals surface area contributed by atoms with Crippen LogP contribution in [-0.4, -0.2) is 52.0 Å². The number of carbonyl (C=O) groups is 1. The Morgan fingerprint density at radius 2 is 1.36 bits per heavy atom. The van der Waals surface area contributed by atoms with E-state index in [1.165, 1.54) is 0 Å². The Bertz CT molecular complexity index is 315. The fourth-order valence-corrected chi connectivity index (χ4v) is 2.19. The number of hydrogen-bond acceptors (Lipinski definition) is 5. The molecule has 0 bridgehead atoms. The zero-order chi connectivity index (χ0) is 19.0. The van der Waals surface area contributed by atoms with E-state index >= 15 is 0 Å². The van der Waals surface area contributed by atoms with Crippen LogP contribution in [0, 0.1) is 11.3 Å². The lowest BCUT2D eigenvalue weighted by Crippen LogP contribution is -2.18. The molecule has 0 heterocycles. The smallest absolute Gasteiger partial charge is 0.132 e. The summed E-state index contributed by atoms with van der Waals surface area (Å²) < 4.78 is 16.2. The first-order valence-corrected chi connectivity index (χ1v) is 9.83. The summed E-state index contributed by atoms with van der Waals surface area (Å²) in [5.41, 5.74) is 5.66. The second-order valence-electron chi connectivity index (χ2n) is 7.78. The molecule has 0 aromatic rings. The van der Waals surface area contributed by atoms with Gasteiger partial charge >= 0.3 is 0 Å². The van der Waals surface area contributed by atoms with Gasteiger partial charge in [0, 0.05) is 26.1 Å². The third kappa shape index (κ3) is 16.7. The SMILES string of the molecule is C[C@@H](CCC(=O)CCCCOCCOCCOCCCN)C(C)(C)C. The van der Waals surface area contributed by atoms with Crippen molar-refractivity contribution in [1.29, 1.82) is 0 Å². The fourth-order valence-electron chi connectivity index (χ4n) is 2.19. The Hall–Kier alpha value is -0.490. The minimum absolute atomic E-state index is 0.285. The van der Waals surface area contributed by atoms with Crippen LogP contribution >= 0.6 is 0 Å². The van der Waals surface area contributed by atoms with Gasteiger partial charge in [0.15, 0.2) is 0 Å². The summed E-state index contributed by atoms with van der Waals surface area (Å²) in [4.78, 5) is 11.9. The quantitative estimate of drug-likeness (QED) is 0.402. The van der Waals surface area contributed by atoms with Crippen LogP contribution in [0.4, 0.5) is 0 Å². The molecule has 0 saturated heterocycles. The summed E-state index contributed by atoms with van der Waals surface area (Å²) in [5, 5.41) is 0. The Morgan fingerprint density at radius 3 is 1.88 bits per heavy atom. The summed E-state index contributed by atoms with van der Waals surface area (Å²) in [7, 11) is 0. The van der Waals surface area contributed by atoms with Gasteiger partial charge in [0.05, 0.1) is 26.4 Å². The first-order chi connectivity index (χ1) is 11.9. The Kier molecular flexibility index (Phi) is 15.4. The van der Waals surface area contributed by atoms with Crippen molar-refractivity contribution in [3.05, 3.63) is 0 Å². The van der Waals surface area contributed by atoms with Crippen LogP contribution in [0.3, 0.4) is 0 Å². The highest BCUT2D eigenvalue weighted by atomic mass is 16.5. The number of hydrogen-bond donors (Lipinski definition) is 1. The predicted molar refractivity (Wildman–Crippen MR) is 103 cm³/mol. The highest BCUT2D eigenvalue weighted by Crippen LogP contribution is 2.29. The van der Waals surface area contributed by atoms with E-state index in [2.05, 4.69) is 27.7 Å². The van der Waals surface area contributed by atoms with Crippen LogP contribution in [0.15, 0.2) is 0 Å². The van der Waals surface area contributed by atoms with Gasteiger partial charge in [-0.2, -0.15) is 0 Å². The van der Waals surface area contributed by atoms with Crippen LogP contribution in [0.2, 0.25) is 0 Å². The zero-order valence-electron chi connectivity index (χ0n) is 17.0. The number of nitrogens with two attached hydrogens (primary N) is 1. The van der Waals surface area contributed by atoms with Gasteiger partial charge in [0.1, 0.15) is 5.78 Å². The molecule has 0 aliphatic carbocycles. The van der Waals surface area contributed by atoms with Gasteiger partial charge in [-0.05, 0) is 43.6 Å². The second-order valence-corrected chi connectivity index (χ2v) is 7.78. The topological polar surface area (TPSA) is 70.8 Å². The number of ketones is 1. The molecule has 5 heteroatoms. The molecule has 0 aliphatic heterocycles. The van der Waals surface area contributed by atoms with Crippen molar-refractivity contribution in [3.63, 3.8) is 0 Å². The lowest BCUT2D eigenvalue weighted by Gasteiger charge is -2.26. The average Bonchev–Trinajstić information content (AvgIpc) is 2.56. The normalized spacial score (nSPS) is 13.2. The van der Waals surface area contributed by atoms with Crippen LogP contribution in [0.5, 0.6) is 0 Å². The van der Waals surface area contributed by atoms with Crippen LogP contribution in [-0.2, 0) is 19.0 Å². The molecule has 25 heavy (non-hydrogen) atoms. The summed E-state index contributed by atoms with van der Waals surface area (Å²) in [5.74, 6) is 0.958. The van der Waals surface area contributed by atoms with E-state index in [1.54, 1.807) is 0 Å². The molecule has 0 aliphatic rings. The van der Waals surface area contributed by atoms with E-state index < -0.39 is 0 Å². The molecular weight excluding hydrogens is 318 g/mol. The van der Waals surface area contributed by atoms with Crippen LogP contribution < -0.4 is 5.73 Å². The van der Waals surface area contributed by atoms with Gasteiger partial charge in [-0.3, -0.25) is 4.79 Å². The molecule has 0 rings (SSSR count). The van der Waals surface area contributed by atoms with Gasteiger partial charge in [0.2, 0.25) is 0 Å². The van der Waals surface area contributed by atoms with Crippen molar-refractivity contribution >= 4 is 5.78 Å². The van der Waals surface area contributed by atoms with E-state index in [0.717, 1.165) is 25.7 Å². The molecule has 0 fully saturated rings. The first kappa shape index (κ1) is 24.5. The van der Waals surface area contributed by atoms with Crippen molar-refractivity contribution in [2.24, 2.45) is 17.1 Å². The van der Waals surface area contributed by atoms with Gasteiger partial charge < -0.3 is 19.9 Å². The minimum Gasteiger partial charge on any atom is -0.379 e. The maximum atomic E-state index is 11.9. The number of rotatable bonds is 17. The summed E-state index contributed by atoms with van der Waals surface area (Å²) >= 11 is 0. The Balaban J connectivity index is 3.29. The predicted octanol–water partition coefficient (Wildman–Crippen LogP) is 3.59. The first-order valence-electron chi connectivity index (χ1n) is 9.83. The van der Waals surface area contributed by atoms with Crippen molar-refractivity contribution in [3.8, 4) is 0 Å². The molecule has 0 unspecified atom stereocenters. The van der Waals surface area contributed by atoms with Crippen molar-refractivity contribution < 1.29 is 19.0 Å². The molecule has 2 N–H and O–H groups in total. The van der Waals surface area contributed by atoms with Gasteiger partial charge in [-0.25, -0.2) is 0 Å². The minimum atomic E-state index is 0.285. The van der Waals surface area contributed by atoms with E-state index in [1.807, 2.05) is 0 Å². The summed E-state index contributed by atoms with van der Waals surface area (Å²) in [6.07, 6.45) is 5.12. The Labute approximate surface area is 155 Å². The van der Waals surface area contributed by atoms with E-state index in [9.17, 15) is 4.79 Å². The monoisotopic (exact) mass is 359 g/mol. The molecule has 0 amide bonds. The largest absolute Gasteiger partial charge is 0.379 e. The summed E-state index contributed by atoms with van der Waals surface area (Å²) in [6, 6.07) is 0. The maximum Gasteiger partial charge on any atom is 0.132 e. The third-order valence-corrected chi connectivity index (χ3v) is 4.57. The molecule has 150 valence electrons. The highest BCUT2D eigenvalue weighted by molar-refractivity contribution is 5.78. The van der Waals surface area contributed by atoms with Gasteiger partial charge in [-0.15, -0.1) is 0 Å². The van der Waals surface area contributed by atoms with Crippen LogP contribution in [0.25, 0.3) is 0 Å². The molecular formula is C20H41NO4. The highest BCUT2D eigenvalue weighted by Gasteiger charge is 2.20. The Morgan fingerprint density at radius 1 is 0.840 bits per heavy atom. The van der Waals surface area contributed by atoms with E-state index in [4.69, 9.17) is 19.9 Å². The molecule has 1 atom stereocenters.